The van der Waals surface area contributed by atoms with Crippen LogP contribution in [0.3, 0.4) is 0 Å². The van der Waals surface area contributed by atoms with Crippen molar-refractivity contribution in [1.82, 2.24) is 5.32 Å². The molecule has 3 nitrogen and oxygen atoms in total. The fraction of sp³-hybridized carbons (Fsp3) is 1.00. The van der Waals surface area contributed by atoms with Crippen molar-refractivity contribution in [3.63, 3.8) is 0 Å². The molecule has 1 aliphatic rings. The summed E-state index contributed by atoms with van der Waals surface area (Å²) in [6.07, 6.45) is 1.33. The average molecular weight is 145 g/mol. The zero-order valence-electron chi connectivity index (χ0n) is 6.34. The maximum Gasteiger partial charge on any atom is 0.0934 e. The van der Waals surface area contributed by atoms with Crippen LogP contribution in [-0.4, -0.2) is 37.0 Å². The lowest BCUT2D eigenvalue weighted by Crippen LogP contribution is -2.45. The normalized spacial score (nSPS) is 34.2. The largest absolute Gasteiger partial charge is 0.394 e. The van der Waals surface area contributed by atoms with Gasteiger partial charge in [-0.1, -0.05) is 6.92 Å². The van der Waals surface area contributed by atoms with E-state index >= 15 is 0 Å². The number of rotatable bonds is 2. The summed E-state index contributed by atoms with van der Waals surface area (Å²) in [5.74, 6) is 0. The number of morpholine rings is 1. The van der Waals surface area contributed by atoms with Crippen molar-refractivity contribution < 1.29 is 9.84 Å². The summed E-state index contributed by atoms with van der Waals surface area (Å²) in [7, 11) is 0. The van der Waals surface area contributed by atoms with Gasteiger partial charge >= 0.3 is 0 Å². The van der Waals surface area contributed by atoms with Crippen LogP contribution >= 0.6 is 0 Å². The van der Waals surface area contributed by atoms with Gasteiger partial charge in [-0.05, 0) is 6.42 Å². The summed E-state index contributed by atoms with van der Waals surface area (Å²) in [6, 6.07) is 0. The fourth-order valence-corrected chi connectivity index (χ4v) is 1.12. The van der Waals surface area contributed by atoms with E-state index in [2.05, 4.69) is 12.2 Å². The summed E-state index contributed by atoms with van der Waals surface area (Å²) >= 11 is 0. The molecule has 1 aliphatic heterocycles. The number of nitrogens with one attached hydrogen (secondary N) is 1. The second kappa shape index (κ2) is 3.91. The monoisotopic (exact) mass is 145 g/mol. The van der Waals surface area contributed by atoms with E-state index in [1.54, 1.807) is 0 Å². The highest BCUT2D eigenvalue weighted by atomic mass is 16.5. The van der Waals surface area contributed by atoms with Crippen LogP contribution < -0.4 is 5.32 Å². The Morgan fingerprint density at radius 3 is 2.80 bits per heavy atom. The van der Waals surface area contributed by atoms with Gasteiger partial charge in [0, 0.05) is 13.1 Å². The number of hydrogen-bond acceptors (Lipinski definition) is 3. The third-order valence-corrected chi connectivity index (χ3v) is 1.79. The van der Waals surface area contributed by atoms with E-state index in [1.165, 1.54) is 0 Å². The van der Waals surface area contributed by atoms with E-state index < -0.39 is 0 Å². The SMILES string of the molecule is CC[C@@H]1CNC[C@H](CO)O1. The first-order valence-corrected chi connectivity index (χ1v) is 3.83. The molecule has 1 saturated heterocycles. The molecule has 0 saturated carbocycles. The van der Waals surface area contributed by atoms with Crippen molar-refractivity contribution in [3.05, 3.63) is 0 Å². The van der Waals surface area contributed by atoms with E-state index in [4.69, 9.17) is 9.84 Å². The van der Waals surface area contributed by atoms with E-state index in [1.807, 2.05) is 0 Å². The van der Waals surface area contributed by atoms with Crippen LogP contribution in [0.4, 0.5) is 0 Å². The van der Waals surface area contributed by atoms with Gasteiger partial charge in [0.2, 0.25) is 0 Å². The molecule has 0 radical (unpaired) electrons. The number of ether oxygens (including phenoxy) is 1. The van der Waals surface area contributed by atoms with Gasteiger partial charge in [0.05, 0.1) is 18.8 Å². The molecule has 0 aromatic heterocycles. The van der Waals surface area contributed by atoms with Gasteiger partial charge in [-0.25, -0.2) is 0 Å². The summed E-state index contributed by atoms with van der Waals surface area (Å²) in [5.41, 5.74) is 0. The van der Waals surface area contributed by atoms with Crippen LogP contribution in [0, 0.1) is 0 Å². The van der Waals surface area contributed by atoms with E-state index in [0.29, 0.717) is 6.10 Å². The fourth-order valence-electron chi connectivity index (χ4n) is 1.12. The summed E-state index contributed by atoms with van der Waals surface area (Å²) in [5, 5.41) is 11.9. The Hall–Kier alpha value is -0.120. The van der Waals surface area contributed by atoms with E-state index in [-0.39, 0.29) is 12.7 Å². The van der Waals surface area contributed by atoms with Crippen molar-refractivity contribution in [2.24, 2.45) is 0 Å². The molecule has 0 spiro atoms. The van der Waals surface area contributed by atoms with Crippen LogP contribution in [0.15, 0.2) is 0 Å². The van der Waals surface area contributed by atoms with Crippen molar-refractivity contribution >= 4 is 0 Å². The first kappa shape index (κ1) is 7.98. The standard InChI is InChI=1S/C7H15NO2/c1-2-6-3-8-4-7(5-9)10-6/h6-9H,2-5H2,1H3/t6-,7-/m1/s1. The van der Waals surface area contributed by atoms with Gasteiger partial charge < -0.3 is 15.2 Å². The molecular weight excluding hydrogens is 130 g/mol. The Kier molecular flexibility index (Phi) is 3.12. The lowest BCUT2D eigenvalue weighted by molar-refractivity contribution is -0.0611. The van der Waals surface area contributed by atoms with E-state index in [0.717, 1.165) is 19.5 Å². The molecule has 60 valence electrons. The molecule has 1 heterocycles. The highest BCUT2D eigenvalue weighted by Gasteiger charge is 2.19. The Balaban J connectivity index is 2.25. The molecule has 0 aromatic rings. The van der Waals surface area contributed by atoms with Gasteiger partial charge in [0.15, 0.2) is 0 Å². The zero-order chi connectivity index (χ0) is 7.40. The van der Waals surface area contributed by atoms with Crippen LogP contribution in [0.25, 0.3) is 0 Å². The molecule has 1 fully saturated rings. The summed E-state index contributed by atoms with van der Waals surface area (Å²) in [6.45, 7) is 3.93. The van der Waals surface area contributed by atoms with Crippen molar-refractivity contribution in [2.75, 3.05) is 19.7 Å². The van der Waals surface area contributed by atoms with Gasteiger partial charge in [0.25, 0.3) is 0 Å². The number of aliphatic hydroxyl groups is 1. The predicted molar refractivity (Wildman–Crippen MR) is 38.9 cm³/mol. The smallest absolute Gasteiger partial charge is 0.0934 e. The van der Waals surface area contributed by atoms with E-state index in [9.17, 15) is 0 Å². The minimum atomic E-state index is 0.0127. The van der Waals surface area contributed by atoms with Crippen molar-refractivity contribution in [1.29, 1.82) is 0 Å². The lowest BCUT2D eigenvalue weighted by Gasteiger charge is -2.28. The van der Waals surface area contributed by atoms with Crippen molar-refractivity contribution in [2.45, 2.75) is 25.6 Å². The van der Waals surface area contributed by atoms with Gasteiger partial charge in [0.1, 0.15) is 0 Å². The molecular formula is C7H15NO2. The topological polar surface area (TPSA) is 41.5 Å². The highest BCUT2D eigenvalue weighted by molar-refractivity contribution is 4.72. The van der Waals surface area contributed by atoms with Gasteiger partial charge in [-0.2, -0.15) is 0 Å². The predicted octanol–water partition coefficient (Wildman–Crippen LogP) is -0.254. The molecule has 10 heavy (non-hydrogen) atoms. The first-order chi connectivity index (χ1) is 4.86. The molecule has 1 rings (SSSR count). The summed E-state index contributed by atoms with van der Waals surface area (Å²) < 4.78 is 5.47. The molecule has 0 aliphatic carbocycles. The molecule has 0 bridgehead atoms. The van der Waals surface area contributed by atoms with Crippen LogP contribution in [0.2, 0.25) is 0 Å². The Bertz CT molecular complexity index is 87.6. The molecule has 0 unspecified atom stereocenters. The van der Waals surface area contributed by atoms with Crippen LogP contribution in [0.5, 0.6) is 0 Å². The quantitative estimate of drug-likeness (QED) is 0.563. The minimum Gasteiger partial charge on any atom is -0.394 e. The third kappa shape index (κ3) is 1.94. The minimum absolute atomic E-state index is 0.0127. The Labute approximate surface area is 61.4 Å². The Morgan fingerprint density at radius 2 is 2.20 bits per heavy atom. The van der Waals surface area contributed by atoms with Crippen molar-refractivity contribution in [3.8, 4) is 0 Å². The second-order valence-electron chi connectivity index (χ2n) is 2.63. The maximum absolute atomic E-state index is 8.74. The maximum atomic E-state index is 8.74. The third-order valence-electron chi connectivity index (χ3n) is 1.79. The van der Waals surface area contributed by atoms with Gasteiger partial charge in [-0.3, -0.25) is 0 Å². The Morgan fingerprint density at radius 1 is 1.50 bits per heavy atom. The molecule has 2 N–H and O–H groups in total. The number of aliphatic hydroxyl groups excluding tert-OH is 1. The zero-order valence-corrected chi connectivity index (χ0v) is 6.34. The molecule has 2 atom stereocenters. The lowest BCUT2D eigenvalue weighted by atomic mass is 10.2. The second-order valence-corrected chi connectivity index (χ2v) is 2.63. The molecule has 3 heteroatoms. The molecule has 0 aromatic carbocycles. The van der Waals surface area contributed by atoms with Crippen LogP contribution in [-0.2, 0) is 4.74 Å². The van der Waals surface area contributed by atoms with Gasteiger partial charge in [-0.15, -0.1) is 0 Å². The average Bonchev–Trinajstić information content (AvgIpc) is 2.05. The first-order valence-electron chi connectivity index (χ1n) is 3.83. The molecule has 0 amide bonds. The van der Waals surface area contributed by atoms with Crippen LogP contribution in [0.1, 0.15) is 13.3 Å². The summed E-state index contributed by atoms with van der Waals surface area (Å²) in [4.78, 5) is 0. The highest BCUT2D eigenvalue weighted by Crippen LogP contribution is 2.05. The number of hydrogen-bond donors (Lipinski definition) is 2.